The minimum absolute atomic E-state index is 0.156. The van der Waals surface area contributed by atoms with Crippen molar-refractivity contribution in [1.82, 2.24) is 29.9 Å². The highest BCUT2D eigenvalue weighted by Crippen LogP contribution is 2.10. The van der Waals surface area contributed by atoms with Crippen LogP contribution >= 0.6 is 0 Å². The van der Waals surface area contributed by atoms with Crippen molar-refractivity contribution in [3.63, 3.8) is 0 Å². The van der Waals surface area contributed by atoms with E-state index in [1.165, 1.54) is 6.33 Å². The molecular weight excluding hydrogens is 232 g/mol. The molecule has 96 valence electrons. The summed E-state index contributed by atoms with van der Waals surface area (Å²) in [4.78, 5) is 16.2. The first-order valence-corrected chi connectivity index (χ1v) is 5.64. The van der Waals surface area contributed by atoms with Gasteiger partial charge in [0.1, 0.15) is 12.2 Å². The highest BCUT2D eigenvalue weighted by atomic mass is 16.1. The zero-order valence-electron chi connectivity index (χ0n) is 10.9. The molecule has 0 radical (unpaired) electrons. The third-order valence-corrected chi connectivity index (χ3v) is 2.74. The van der Waals surface area contributed by atoms with Crippen molar-refractivity contribution < 1.29 is 4.79 Å². The molecule has 0 fully saturated rings. The molecule has 0 saturated carbocycles. The quantitative estimate of drug-likeness (QED) is 0.850. The number of hydrogen-bond acceptors (Lipinski definition) is 4. The summed E-state index contributed by atoms with van der Waals surface area (Å²) in [5.41, 5.74) is 1.28. The van der Waals surface area contributed by atoms with Crippen molar-refractivity contribution in [2.45, 2.75) is 19.9 Å². The summed E-state index contributed by atoms with van der Waals surface area (Å²) >= 11 is 0. The summed E-state index contributed by atoms with van der Waals surface area (Å²) < 4.78 is 3.26. The van der Waals surface area contributed by atoms with E-state index in [-0.39, 0.29) is 11.9 Å². The highest BCUT2D eigenvalue weighted by molar-refractivity contribution is 5.95. The molecule has 1 N–H and O–H groups in total. The van der Waals surface area contributed by atoms with Gasteiger partial charge < -0.3 is 5.32 Å². The number of aromatic nitrogens is 5. The molecule has 1 unspecified atom stereocenters. The second kappa shape index (κ2) is 4.59. The largest absolute Gasteiger partial charge is 0.342 e. The van der Waals surface area contributed by atoms with Gasteiger partial charge in [-0.05, 0) is 13.8 Å². The zero-order chi connectivity index (χ0) is 13.3. The molecular formula is C11H16N6O. The molecule has 1 amide bonds. The van der Waals surface area contributed by atoms with E-state index in [2.05, 4.69) is 20.5 Å². The minimum atomic E-state index is -0.204. The van der Waals surface area contributed by atoms with Gasteiger partial charge in [-0.3, -0.25) is 14.2 Å². The summed E-state index contributed by atoms with van der Waals surface area (Å²) in [5, 5.41) is 11.0. The number of nitrogens with zero attached hydrogens (tertiary/aromatic N) is 5. The van der Waals surface area contributed by atoms with Crippen LogP contribution in [0.4, 0.5) is 0 Å². The third-order valence-electron chi connectivity index (χ3n) is 2.74. The van der Waals surface area contributed by atoms with Crippen LogP contribution in [0.25, 0.3) is 0 Å². The number of carbonyl (C=O) groups is 1. The van der Waals surface area contributed by atoms with Crippen LogP contribution in [0.5, 0.6) is 0 Å². The van der Waals surface area contributed by atoms with Crippen LogP contribution < -0.4 is 5.32 Å². The summed E-state index contributed by atoms with van der Waals surface area (Å²) in [6, 6.07) is -0.204. The average molecular weight is 248 g/mol. The van der Waals surface area contributed by atoms with Crippen LogP contribution in [0.15, 0.2) is 12.5 Å². The Hall–Kier alpha value is -2.18. The van der Waals surface area contributed by atoms with E-state index in [0.29, 0.717) is 17.1 Å². The van der Waals surface area contributed by atoms with E-state index in [0.717, 1.165) is 0 Å². The van der Waals surface area contributed by atoms with Crippen LogP contribution in [0.3, 0.4) is 0 Å². The van der Waals surface area contributed by atoms with Crippen LogP contribution in [-0.4, -0.2) is 30.5 Å². The molecule has 2 aromatic rings. The van der Waals surface area contributed by atoms with Gasteiger partial charge in [0.25, 0.3) is 5.91 Å². The van der Waals surface area contributed by atoms with Crippen LogP contribution in [0, 0.1) is 6.92 Å². The molecule has 7 heteroatoms. The summed E-state index contributed by atoms with van der Waals surface area (Å²) in [5.74, 6) is 0.556. The Morgan fingerprint density at radius 1 is 1.44 bits per heavy atom. The summed E-state index contributed by atoms with van der Waals surface area (Å²) in [6.07, 6.45) is 3.17. The lowest BCUT2D eigenvalue weighted by Gasteiger charge is -2.12. The Kier molecular flexibility index (Phi) is 3.14. The Morgan fingerprint density at radius 2 is 2.17 bits per heavy atom. The number of rotatable bonds is 3. The van der Waals surface area contributed by atoms with Crippen molar-refractivity contribution in [3.05, 3.63) is 29.6 Å². The van der Waals surface area contributed by atoms with E-state index in [4.69, 9.17) is 0 Å². The fourth-order valence-corrected chi connectivity index (χ4v) is 1.86. The zero-order valence-corrected chi connectivity index (χ0v) is 10.9. The number of amides is 1. The second-order valence-corrected chi connectivity index (χ2v) is 4.24. The first kappa shape index (κ1) is 12.3. The Morgan fingerprint density at radius 3 is 2.67 bits per heavy atom. The average Bonchev–Trinajstić information content (AvgIpc) is 2.84. The summed E-state index contributed by atoms with van der Waals surface area (Å²) in [6.45, 7) is 3.68. The van der Waals surface area contributed by atoms with Gasteiger partial charge in [-0.25, -0.2) is 4.98 Å². The Balaban J connectivity index is 2.13. The van der Waals surface area contributed by atoms with Crippen LogP contribution in [0.2, 0.25) is 0 Å². The lowest BCUT2D eigenvalue weighted by molar-refractivity contribution is 0.0937. The van der Waals surface area contributed by atoms with Gasteiger partial charge in [0, 0.05) is 20.3 Å². The van der Waals surface area contributed by atoms with Gasteiger partial charge in [0.15, 0.2) is 0 Å². The first-order chi connectivity index (χ1) is 8.49. The molecule has 0 saturated heterocycles. The molecule has 1 atom stereocenters. The second-order valence-electron chi connectivity index (χ2n) is 4.24. The van der Waals surface area contributed by atoms with E-state index < -0.39 is 0 Å². The van der Waals surface area contributed by atoms with Crippen molar-refractivity contribution in [2.24, 2.45) is 14.1 Å². The molecule has 0 bridgehead atoms. The maximum atomic E-state index is 12.1. The number of aryl methyl sites for hydroxylation is 3. The SMILES string of the molecule is Cc1nn(C)cc1C(=O)NC(C)c1ncnn1C. The predicted molar refractivity (Wildman–Crippen MR) is 64.8 cm³/mol. The molecule has 2 heterocycles. The molecule has 2 rings (SSSR count). The van der Waals surface area contributed by atoms with Gasteiger partial charge in [-0.15, -0.1) is 0 Å². The monoisotopic (exact) mass is 248 g/mol. The van der Waals surface area contributed by atoms with Crippen molar-refractivity contribution in [3.8, 4) is 0 Å². The van der Waals surface area contributed by atoms with Crippen molar-refractivity contribution in [2.75, 3.05) is 0 Å². The predicted octanol–water partition coefficient (Wildman–Crippen LogP) is 0.348. The molecule has 0 spiro atoms. The van der Waals surface area contributed by atoms with Gasteiger partial charge in [0.2, 0.25) is 0 Å². The fraction of sp³-hybridized carbons (Fsp3) is 0.455. The standard InChI is InChI=1S/C11H16N6O/c1-7-9(5-16(3)15-7)11(18)14-8(2)10-12-6-13-17(10)4/h5-6,8H,1-4H3,(H,14,18). The number of hydrogen-bond donors (Lipinski definition) is 1. The minimum Gasteiger partial charge on any atom is -0.342 e. The lowest BCUT2D eigenvalue weighted by atomic mass is 10.2. The van der Waals surface area contributed by atoms with Crippen molar-refractivity contribution >= 4 is 5.91 Å². The normalized spacial score (nSPS) is 12.4. The third kappa shape index (κ3) is 2.24. The van der Waals surface area contributed by atoms with Gasteiger partial charge in [-0.1, -0.05) is 0 Å². The maximum absolute atomic E-state index is 12.1. The van der Waals surface area contributed by atoms with Gasteiger partial charge >= 0.3 is 0 Å². The molecule has 0 aromatic carbocycles. The molecule has 7 nitrogen and oxygen atoms in total. The first-order valence-electron chi connectivity index (χ1n) is 5.64. The van der Waals surface area contributed by atoms with Gasteiger partial charge in [-0.2, -0.15) is 10.2 Å². The number of carbonyl (C=O) groups excluding carboxylic acids is 1. The maximum Gasteiger partial charge on any atom is 0.255 e. The smallest absolute Gasteiger partial charge is 0.255 e. The summed E-state index contributed by atoms with van der Waals surface area (Å²) in [7, 11) is 3.58. The van der Waals surface area contributed by atoms with E-state index in [1.54, 1.807) is 29.7 Å². The van der Waals surface area contributed by atoms with Crippen molar-refractivity contribution in [1.29, 1.82) is 0 Å². The molecule has 0 aliphatic rings. The van der Waals surface area contributed by atoms with E-state index >= 15 is 0 Å². The van der Waals surface area contributed by atoms with E-state index in [1.807, 2.05) is 13.8 Å². The lowest BCUT2D eigenvalue weighted by Crippen LogP contribution is -2.28. The van der Waals surface area contributed by atoms with E-state index in [9.17, 15) is 4.79 Å². The topological polar surface area (TPSA) is 77.6 Å². The van der Waals surface area contributed by atoms with Crippen LogP contribution in [0.1, 0.15) is 34.8 Å². The molecule has 2 aromatic heterocycles. The molecule has 0 aliphatic heterocycles. The fourth-order valence-electron chi connectivity index (χ4n) is 1.86. The highest BCUT2D eigenvalue weighted by Gasteiger charge is 2.18. The van der Waals surface area contributed by atoms with Gasteiger partial charge in [0.05, 0.1) is 17.3 Å². The molecule has 18 heavy (non-hydrogen) atoms. The Bertz CT molecular complexity index is 570. The van der Waals surface area contributed by atoms with Crippen LogP contribution in [-0.2, 0) is 14.1 Å². The Labute approximate surface area is 105 Å². The molecule has 0 aliphatic carbocycles. The number of nitrogens with one attached hydrogen (secondary N) is 1.